The zero-order chi connectivity index (χ0) is 16.9. The van der Waals surface area contributed by atoms with E-state index in [1.54, 1.807) is 0 Å². The molecule has 0 bridgehead atoms. The van der Waals surface area contributed by atoms with E-state index in [2.05, 4.69) is 38.1 Å². The molecule has 0 saturated heterocycles. The summed E-state index contributed by atoms with van der Waals surface area (Å²) in [5.74, 6) is -0.858. The van der Waals surface area contributed by atoms with Gasteiger partial charge in [-0.1, -0.05) is 74.4 Å². The van der Waals surface area contributed by atoms with Gasteiger partial charge in [0.05, 0.1) is 5.92 Å². The van der Waals surface area contributed by atoms with Gasteiger partial charge < -0.3 is 4.52 Å². The lowest BCUT2D eigenvalue weighted by molar-refractivity contribution is -0.138. The first-order valence-corrected chi connectivity index (χ1v) is 8.87. The number of hydrogen-bond donors (Lipinski definition) is 0. The van der Waals surface area contributed by atoms with Crippen LogP contribution in [0.5, 0.6) is 0 Å². The minimum Gasteiger partial charge on any atom is -0.372 e. The fraction of sp³-hybridized carbons (Fsp3) is 0.421. The van der Waals surface area contributed by atoms with Crippen LogP contribution in [0.15, 0.2) is 53.6 Å². The first kappa shape index (κ1) is 17.6. The molecule has 0 spiro atoms. The first-order valence-electron chi connectivity index (χ1n) is 8.14. The lowest BCUT2D eigenvalue weighted by Crippen LogP contribution is -2.41. The third-order valence-corrected chi connectivity index (χ3v) is 5.03. The van der Waals surface area contributed by atoms with E-state index in [1.165, 1.54) is 5.57 Å². The minimum atomic E-state index is -0.592. The maximum Gasteiger partial charge on any atom is 0.398 e. The van der Waals surface area contributed by atoms with Crippen molar-refractivity contribution in [2.24, 2.45) is 5.92 Å². The van der Waals surface area contributed by atoms with Crippen molar-refractivity contribution in [2.75, 3.05) is 0 Å². The molecule has 3 nitrogen and oxygen atoms in total. The first-order chi connectivity index (χ1) is 11.1. The Hall–Kier alpha value is -1.73. The van der Waals surface area contributed by atoms with E-state index in [4.69, 9.17) is 4.52 Å². The van der Waals surface area contributed by atoms with Gasteiger partial charge >= 0.3 is 14.7 Å². The van der Waals surface area contributed by atoms with Gasteiger partial charge in [0.1, 0.15) is 0 Å². The van der Waals surface area contributed by atoms with Crippen molar-refractivity contribution in [3.05, 3.63) is 59.2 Å². The fourth-order valence-electron chi connectivity index (χ4n) is 3.58. The molecule has 1 aromatic rings. The maximum atomic E-state index is 12.6. The average molecular weight is 330 g/mol. The van der Waals surface area contributed by atoms with Crippen molar-refractivity contribution in [1.82, 2.24) is 0 Å². The number of carbonyl (C=O) groups excluding carboxylic acids is 1. The van der Waals surface area contributed by atoms with Gasteiger partial charge in [0.25, 0.3) is 0 Å². The Morgan fingerprint density at radius 2 is 1.87 bits per heavy atom. The van der Waals surface area contributed by atoms with Crippen molar-refractivity contribution in [2.45, 2.75) is 45.4 Å². The van der Waals surface area contributed by atoms with Crippen molar-refractivity contribution in [1.29, 1.82) is 0 Å². The second kappa shape index (κ2) is 7.70. The summed E-state index contributed by atoms with van der Waals surface area (Å²) in [7, 11) is -0.592. The van der Waals surface area contributed by atoms with E-state index in [1.807, 2.05) is 25.1 Å². The minimum absolute atomic E-state index is 0.424. The normalized spacial score (nSPS) is 24.0. The molecule has 1 aliphatic rings. The van der Waals surface area contributed by atoms with E-state index < -0.39 is 26.0 Å². The molecule has 4 heteroatoms. The second-order valence-corrected chi connectivity index (χ2v) is 6.16. The zero-order valence-electron chi connectivity index (χ0n) is 13.9. The van der Waals surface area contributed by atoms with Crippen molar-refractivity contribution in [3.63, 3.8) is 0 Å². The lowest BCUT2D eigenvalue weighted by Gasteiger charge is -2.41. The molecule has 1 aromatic carbocycles. The summed E-state index contributed by atoms with van der Waals surface area (Å²) < 4.78 is 15.7. The molecule has 0 N–H and O–H groups in total. The summed E-state index contributed by atoms with van der Waals surface area (Å²) in [6, 6.07) is 10.1. The molecule has 0 saturated carbocycles. The summed E-state index contributed by atoms with van der Waals surface area (Å²) in [5, 5.41) is 0. The van der Waals surface area contributed by atoms with Gasteiger partial charge in [0.15, 0.2) is 0 Å². The highest BCUT2D eigenvalue weighted by Crippen LogP contribution is 2.47. The van der Waals surface area contributed by atoms with E-state index in [9.17, 15) is 9.36 Å². The highest BCUT2D eigenvalue weighted by Gasteiger charge is 2.46. The van der Waals surface area contributed by atoms with Gasteiger partial charge in [0.2, 0.25) is 0 Å². The number of hydrogen-bond acceptors (Lipinski definition) is 3. The SMILES string of the molecule is CCC1=CC(CC)(c2ccccc2)C(C(=O)OP=O)C(CC)=C1. The zero-order valence-corrected chi connectivity index (χ0v) is 14.8. The van der Waals surface area contributed by atoms with Crippen LogP contribution >= 0.6 is 8.69 Å². The standard InChI is InChI=1S/C19H23O3P/c1-4-14-12-15(5-2)17(18(20)22-23-21)19(6-3,13-14)16-10-8-7-9-11-16/h7-13,17H,4-6H2,1-3H3. The van der Waals surface area contributed by atoms with Crippen LogP contribution < -0.4 is 0 Å². The van der Waals surface area contributed by atoms with Gasteiger partial charge in [-0.2, -0.15) is 0 Å². The summed E-state index contributed by atoms with van der Waals surface area (Å²) in [6.45, 7) is 6.26. The molecule has 0 heterocycles. The molecular weight excluding hydrogens is 307 g/mol. The lowest BCUT2D eigenvalue weighted by atomic mass is 9.62. The van der Waals surface area contributed by atoms with Gasteiger partial charge in [0, 0.05) is 5.41 Å². The van der Waals surface area contributed by atoms with Gasteiger partial charge in [-0.05, 0) is 24.8 Å². The summed E-state index contributed by atoms with van der Waals surface area (Å²) >= 11 is 0. The molecule has 23 heavy (non-hydrogen) atoms. The summed E-state index contributed by atoms with van der Waals surface area (Å²) in [5.41, 5.74) is 2.92. The molecular formula is C19H23O3P. The van der Waals surface area contributed by atoms with Crippen molar-refractivity contribution >= 4 is 14.7 Å². The van der Waals surface area contributed by atoms with Crippen molar-refractivity contribution in [3.8, 4) is 0 Å². The molecule has 0 amide bonds. The van der Waals surface area contributed by atoms with Gasteiger partial charge in [-0.15, -0.1) is 0 Å². The van der Waals surface area contributed by atoms with Gasteiger partial charge in [-0.25, -0.2) is 4.57 Å². The van der Waals surface area contributed by atoms with Crippen LogP contribution in [0, 0.1) is 5.92 Å². The number of benzene rings is 1. The fourth-order valence-corrected chi connectivity index (χ4v) is 3.76. The Morgan fingerprint density at radius 3 is 2.39 bits per heavy atom. The molecule has 0 fully saturated rings. The van der Waals surface area contributed by atoms with Crippen LogP contribution in [0.2, 0.25) is 0 Å². The number of carbonyl (C=O) groups is 1. The number of allylic oxidation sites excluding steroid dienone is 3. The van der Waals surface area contributed by atoms with Crippen LogP contribution in [0.3, 0.4) is 0 Å². The van der Waals surface area contributed by atoms with Gasteiger partial charge in [-0.3, -0.25) is 4.79 Å². The topological polar surface area (TPSA) is 43.4 Å². The van der Waals surface area contributed by atoms with Crippen LogP contribution in [0.1, 0.15) is 45.6 Å². The third-order valence-electron chi connectivity index (χ3n) is 4.78. The van der Waals surface area contributed by atoms with Crippen LogP contribution in [-0.2, 0) is 19.3 Å². The third kappa shape index (κ3) is 3.30. The average Bonchev–Trinajstić information content (AvgIpc) is 2.61. The predicted octanol–water partition coefficient (Wildman–Crippen LogP) is 5.39. The molecule has 1 aliphatic carbocycles. The number of rotatable bonds is 6. The molecule has 2 rings (SSSR count). The Balaban J connectivity index is 2.66. The molecule has 122 valence electrons. The Bertz CT molecular complexity index is 633. The van der Waals surface area contributed by atoms with Crippen LogP contribution in [-0.4, -0.2) is 5.97 Å². The van der Waals surface area contributed by atoms with Crippen LogP contribution in [0.4, 0.5) is 0 Å². The Kier molecular flexibility index (Phi) is 5.90. The highest BCUT2D eigenvalue weighted by molar-refractivity contribution is 7.18. The molecule has 2 atom stereocenters. The molecule has 0 radical (unpaired) electrons. The Labute approximate surface area is 139 Å². The second-order valence-electron chi connectivity index (χ2n) is 5.82. The molecule has 2 unspecified atom stereocenters. The monoisotopic (exact) mass is 330 g/mol. The summed E-state index contributed by atoms with van der Waals surface area (Å²) in [4.78, 5) is 12.6. The Morgan fingerprint density at radius 1 is 1.17 bits per heavy atom. The van der Waals surface area contributed by atoms with Crippen LogP contribution in [0.25, 0.3) is 0 Å². The largest absolute Gasteiger partial charge is 0.398 e. The summed E-state index contributed by atoms with van der Waals surface area (Å²) in [6.07, 6.45) is 6.76. The maximum absolute atomic E-state index is 12.6. The molecule has 0 aromatic heterocycles. The smallest absolute Gasteiger partial charge is 0.372 e. The van der Waals surface area contributed by atoms with E-state index in [0.29, 0.717) is 0 Å². The molecule has 0 aliphatic heterocycles. The highest BCUT2D eigenvalue weighted by atomic mass is 31.1. The van der Waals surface area contributed by atoms with E-state index >= 15 is 0 Å². The van der Waals surface area contributed by atoms with E-state index in [-0.39, 0.29) is 0 Å². The quantitative estimate of drug-likeness (QED) is 0.657. The van der Waals surface area contributed by atoms with E-state index in [0.717, 1.165) is 30.4 Å². The van der Waals surface area contributed by atoms with Crippen molar-refractivity contribution < 1.29 is 13.9 Å². The predicted molar refractivity (Wildman–Crippen MR) is 92.3 cm³/mol.